The summed E-state index contributed by atoms with van der Waals surface area (Å²) in [5.41, 5.74) is 8.58. The molecule has 0 radical (unpaired) electrons. The normalized spacial score (nSPS) is 20.3. The van der Waals surface area contributed by atoms with E-state index < -0.39 is 5.79 Å². The summed E-state index contributed by atoms with van der Waals surface area (Å²) >= 11 is 0. The minimum absolute atomic E-state index is 0.167. The maximum Gasteiger partial charge on any atom is 0.181 e. The van der Waals surface area contributed by atoms with Gasteiger partial charge in [0.1, 0.15) is 0 Å². The molecule has 0 saturated carbocycles. The van der Waals surface area contributed by atoms with Crippen molar-refractivity contribution in [2.24, 2.45) is 5.73 Å². The Labute approximate surface area is 106 Å². The molecule has 2 aromatic rings. The second kappa shape index (κ2) is 4.39. The Bertz CT molecular complexity index is 543. The molecule has 3 rings (SSSR count). The van der Waals surface area contributed by atoms with E-state index in [9.17, 15) is 0 Å². The van der Waals surface area contributed by atoms with Crippen molar-refractivity contribution in [3.05, 3.63) is 36.0 Å². The van der Waals surface area contributed by atoms with Crippen molar-refractivity contribution in [3.8, 4) is 0 Å². The molecule has 18 heavy (non-hydrogen) atoms. The summed E-state index contributed by atoms with van der Waals surface area (Å²) in [6, 6.07) is 8.06. The van der Waals surface area contributed by atoms with Gasteiger partial charge in [-0.05, 0) is 25.0 Å². The van der Waals surface area contributed by atoms with E-state index in [-0.39, 0.29) is 6.04 Å². The lowest BCUT2D eigenvalue weighted by Crippen LogP contribution is -2.47. The fourth-order valence-electron chi connectivity index (χ4n) is 2.47. The second-order valence-electron chi connectivity index (χ2n) is 4.88. The molecule has 1 saturated heterocycles. The van der Waals surface area contributed by atoms with Crippen molar-refractivity contribution in [2.75, 3.05) is 13.2 Å². The zero-order valence-corrected chi connectivity index (χ0v) is 10.5. The molecule has 2 heterocycles. The van der Waals surface area contributed by atoms with E-state index in [0.29, 0.717) is 13.2 Å². The van der Waals surface area contributed by atoms with Crippen molar-refractivity contribution in [1.82, 2.24) is 4.98 Å². The monoisotopic (exact) mass is 246 g/mol. The van der Waals surface area contributed by atoms with Gasteiger partial charge in [-0.2, -0.15) is 0 Å². The van der Waals surface area contributed by atoms with Gasteiger partial charge in [0.2, 0.25) is 0 Å². The molecule has 3 N–H and O–H groups in total. The van der Waals surface area contributed by atoms with Gasteiger partial charge in [-0.15, -0.1) is 0 Å². The predicted molar refractivity (Wildman–Crippen MR) is 70.3 cm³/mol. The van der Waals surface area contributed by atoms with Crippen LogP contribution in [-0.2, 0) is 15.9 Å². The molecule has 0 aliphatic carbocycles. The standard InChI is InChI=1S/C14H18N2O2/c1-14(17-6-7-18-14)13(15)8-10-9-16-12-5-3-2-4-11(10)12/h2-5,9,13,16H,6-8,15H2,1H3. The van der Waals surface area contributed by atoms with Crippen LogP contribution in [0.4, 0.5) is 0 Å². The third kappa shape index (κ3) is 1.92. The Morgan fingerprint density at radius 2 is 2.06 bits per heavy atom. The Morgan fingerprint density at radius 3 is 2.83 bits per heavy atom. The molecule has 1 aromatic carbocycles. The van der Waals surface area contributed by atoms with Crippen molar-refractivity contribution < 1.29 is 9.47 Å². The second-order valence-corrected chi connectivity index (χ2v) is 4.88. The molecular formula is C14H18N2O2. The Hall–Kier alpha value is -1.36. The van der Waals surface area contributed by atoms with Crippen molar-refractivity contribution in [1.29, 1.82) is 0 Å². The van der Waals surface area contributed by atoms with Crippen LogP contribution < -0.4 is 5.73 Å². The smallest absolute Gasteiger partial charge is 0.181 e. The Balaban J connectivity index is 1.84. The minimum Gasteiger partial charge on any atom is -0.361 e. The van der Waals surface area contributed by atoms with Gasteiger partial charge < -0.3 is 20.2 Å². The zero-order chi connectivity index (χ0) is 12.6. The highest BCUT2D eigenvalue weighted by Crippen LogP contribution is 2.26. The number of rotatable bonds is 3. The van der Waals surface area contributed by atoms with Crippen LogP contribution in [0.3, 0.4) is 0 Å². The highest BCUT2D eigenvalue weighted by atomic mass is 16.7. The summed E-state index contributed by atoms with van der Waals surface area (Å²) < 4.78 is 11.2. The van der Waals surface area contributed by atoms with E-state index >= 15 is 0 Å². The van der Waals surface area contributed by atoms with E-state index in [4.69, 9.17) is 15.2 Å². The minimum atomic E-state index is -0.654. The number of H-pyrrole nitrogens is 1. The summed E-state index contributed by atoms with van der Waals surface area (Å²) in [5, 5.41) is 1.22. The third-order valence-electron chi connectivity index (χ3n) is 3.65. The molecule has 1 aliphatic rings. The van der Waals surface area contributed by atoms with Crippen molar-refractivity contribution >= 4 is 10.9 Å². The predicted octanol–water partition coefficient (Wildman–Crippen LogP) is 1.80. The molecule has 1 atom stereocenters. The quantitative estimate of drug-likeness (QED) is 0.868. The highest BCUT2D eigenvalue weighted by molar-refractivity contribution is 5.83. The van der Waals surface area contributed by atoms with E-state index in [0.717, 1.165) is 11.9 Å². The average Bonchev–Trinajstić information content (AvgIpc) is 2.98. The number of hydrogen-bond acceptors (Lipinski definition) is 3. The van der Waals surface area contributed by atoms with Gasteiger partial charge >= 0.3 is 0 Å². The summed E-state index contributed by atoms with van der Waals surface area (Å²) in [5.74, 6) is -0.654. The molecule has 1 fully saturated rings. The summed E-state index contributed by atoms with van der Waals surface area (Å²) in [6.07, 6.45) is 2.75. The zero-order valence-electron chi connectivity index (χ0n) is 10.5. The van der Waals surface area contributed by atoms with Gasteiger partial charge in [-0.3, -0.25) is 0 Å². The van der Waals surface area contributed by atoms with Crippen LogP contribution in [0, 0.1) is 0 Å². The highest BCUT2D eigenvalue weighted by Gasteiger charge is 2.37. The molecule has 1 aliphatic heterocycles. The van der Waals surface area contributed by atoms with Gasteiger partial charge in [0, 0.05) is 17.1 Å². The van der Waals surface area contributed by atoms with Crippen molar-refractivity contribution in [2.45, 2.75) is 25.2 Å². The molecule has 1 unspecified atom stereocenters. The number of hydrogen-bond donors (Lipinski definition) is 2. The number of aromatic amines is 1. The molecule has 4 nitrogen and oxygen atoms in total. The number of fused-ring (bicyclic) bond motifs is 1. The summed E-state index contributed by atoms with van der Waals surface area (Å²) in [4.78, 5) is 3.26. The van der Waals surface area contributed by atoms with Crippen LogP contribution >= 0.6 is 0 Å². The van der Waals surface area contributed by atoms with E-state index in [1.165, 1.54) is 10.9 Å². The summed E-state index contributed by atoms with van der Waals surface area (Å²) in [6.45, 7) is 3.16. The molecule has 96 valence electrons. The number of para-hydroxylation sites is 1. The first-order valence-electron chi connectivity index (χ1n) is 6.27. The van der Waals surface area contributed by atoms with E-state index in [1.54, 1.807) is 0 Å². The fourth-order valence-corrected chi connectivity index (χ4v) is 2.47. The molecule has 1 aromatic heterocycles. The number of benzene rings is 1. The lowest BCUT2D eigenvalue weighted by atomic mass is 10.00. The number of nitrogens with two attached hydrogens (primary N) is 1. The van der Waals surface area contributed by atoms with Crippen LogP contribution in [-0.4, -0.2) is 30.0 Å². The number of nitrogens with one attached hydrogen (secondary N) is 1. The van der Waals surface area contributed by atoms with E-state index in [1.807, 2.05) is 25.3 Å². The van der Waals surface area contributed by atoms with Crippen molar-refractivity contribution in [3.63, 3.8) is 0 Å². The van der Waals surface area contributed by atoms with Crippen LogP contribution in [0.2, 0.25) is 0 Å². The first-order valence-corrected chi connectivity index (χ1v) is 6.27. The molecule has 0 spiro atoms. The number of aromatic nitrogens is 1. The Kier molecular flexibility index (Phi) is 2.86. The van der Waals surface area contributed by atoms with Gasteiger partial charge in [0.25, 0.3) is 0 Å². The third-order valence-corrected chi connectivity index (χ3v) is 3.65. The lowest BCUT2D eigenvalue weighted by Gasteiger charge is -2.29. The van der Waals surface area contributed by atoms with Crippen LogP contribution in [0.25, 0.3) is 10.9 Å². The van der Waals surface area contributed by atoms with Gasteiger partial charge in [-0.25, -0.2) is 0 Å². The SMILES string of the molecule is CC1(C(N)Cc2c[nH]c3ccccc23)OCCO1. The van der Waals surface area contributed by atoms with Gasteiger partial charge in [0.05, 0.1) is 19.3 Å². The first kappa shape index (κ1) is 11.7. The molecular weight excluding hydrogens is 228 g/mol. The molecule has 4 heteroatoms. The van der Waals surface area contributed by atoms with Crippen LogP contribution in [0.1, 0.15) is 12.5 Å². The molecule has 0 amide bonds. The van der Waals surface area contributed by atoms with Gasteiger partial charge in [-0.1, -0.05) is 18.2 Å². The molecule has 0 bridgehead atoms. The largest absolute Gasteiger partial charge is 0.361 e. The van der Waals surface area contributed by atoms with Crippen LogP contribution in [0.15, 0.2) is 30.5 Å². The maximum absolute atomic E-state index is 6.23. The summed E-state index contributed by atoms with van der Waals surface area (Å²) in [7, 11) is 0. The lowest BCUT2D eigenvalue weighted by molar-refractivity contribution is -0.157. The van der Waals surface area contributed by atoms with Gasteiger partial charge in [0.15, 0.2) is 5.79 Å². The van der Waals surface area contributed by atoms with Crippen LogP contribution in [0.5, 0.6) is 0 Å². The topological polar surface area (TPSA) is 60.3 Å². The fraction of sp³-hybridized carbons (Fsp3) is 0.429. The average molecular weight is 246 g/mol. The first-order chi connectivity index (χ1) is 8.69. The Morgan fingerprint density at radius 1 is 1.33 bits per heavy atom. The number of ether oxygens (including phenoxy) is 2. The maximum atomic E-state index is 6.23. The van der Waals surface area contributed by atoms with E-state index in [2.05, 4.69) is 17.1 Å².